The Morgan fingerprint density at radius 2 is 0.982 bits per heavy atom. The van der Waals surface area contributed by atoms with Gasteiger partial charge in [0.2, 0.25) is 5.91 Å². The summed E-state index contributed by atoms with van der Waals surface area (Å²) in [5, 5.41) is 13.8. The summed E-state index contributed by atoms with van der Waals surface area (Å²) in [6, 6.07) is -0.865. The molecule has 0 aromatic heterocycles. The van der Waals surface area contributed by atoms with Gasteiger partial charge in [-0.05, 0) is 44.9 Å². The van der Waals surface area contributed by atoms with E-state index in [0.717, 1.165) is 44.9 Å². The summed E-state index contributed by atoms with van der Waals surface area (Å²) in [6.07, 6.45) is 47.9. The maximum absolute atomic E-state index is 12.9. The number of allylic oxidation sites excluding steroid dienone is 5. The molecule has 0 saturated carbocycles. The molecule has 0 aromatic rings. The highest BCUT2D eigenvalue weighted by atomic mass is 31.2. The number of phosphoric ester groups is 1. The van der Waals surface area contributed by atoms with E-state index in [1.165, 1.54) is 141 Å². The molecular weight excluding hydrogens is 719 g/mol. The summed E-state index contributed by atoms with van der Waals surface area (Å²) >= 11 is 0. The second-order valence-electron chi connectivity index (χ2n) is 17.1. The van der Waals surface area contributed by atoms with Crippen molar-refractivity contribution in [2.75, 3.05) is 40.9 Å². The van der Waals surface area contributed by atoms with E-state index >= 15 is 0 Å². The van der Waals surface area contributed by atoms with E-state index in [1.54, 1.807) is 6.08 Å². The van der Waals surface area contributed by atoms with Crippen LogP contribution >= 0.6 is 7.82 Å². The Morgan fingerprint density at radius 1 is 0.589 bits per heavy atom. The van der Waals surface area contributed by atoms with Crippen LogP contribution in [-0.2, 0) is 18.4 Å². The average molecular weight is 812 g/mol. The van der Waals surface area contributed by atoms with E-state index in [-0.39, 0.29) is 19.1 Å². The van der Waals surface area contributed by atoms with Crippen LogP contribution in [0.25, 0.3) is 0 Å². The van der Waals surface area contributed by atoms with Crippen molar-refractivity contribution in [1.82, 2.24) is 5.32 Å². The SMILES string of the molecule is CCCCCCCCCCC/C=C/CC/C=C/CC/C=C/C(O)C(COP(=O)(O)OCC[N+](C)(C)C)NC(=O)CCCCCCCCCCCCCCCCC. The van der Waals surface area contributed by atoms with Crippen LogP contribution in [0.2, 0.25) is 0 Å². The van der Waals surface area contributed by atoms with Gasteiger partial charge in [0, 0.05) is 6.42 Å². The summed E-state index contributed by atoms with van der Waals surface area (Å²) in [5.41, 5.74) is 0. The van der Waals surface area contributed by atoms with Crippen LogP contribution in [0.3, 0.4) is 0 Å². The van der Waals surface area contributed by atoms with Gasteiger partial charge in [0.25, 0.3) is 0 Å². The molecule has 8 nitrogen and oxygen atoms in total. The van der Waals surface area contributed by atoms with Gasteiger partial charge in [-0.2, -0.15) is 0 Å². The number of nitrogens with one attached hydrogen (secondary N) is 1. The summed E-state index contributed by atoms with van der Waals surface area (Å²) in [4.78, 5) is 23.1. The molecular formula is C47H92N2O6P+. The Bertz CT molecular complexity index is 1010. The van der Waals surface area contributed by atoms with Gasteiger partial charge in [0.1, 0.15) is 13.2 Å². The fourth-order valence-electron chi connectivity index (χ4n) is 6.60. The molecule has 0 fully saturated rings. The molecule has 3 N–H and O–H groups in total. The third kappa shape index (κ3) is 40.9. The van der Waals surface area contributed by atoms with Gasteiger partial charge in [-0.15, -0.1) is 0 Å². The fraction of sp³-hybridized carbons (Fsp3) is 0.851. The molecule has 9 heteroatoms. The number of hydrogen-bond acceptors (Lipinski definition) is 5. The molecule has 330 valence electrons. The molecule has 0 spiro atoms. The zero-order valence-electron chi connectivity index (χ0n) is 37.4. The molecule has 0 aliphatic rings. The molecule has 3 unspecified atom stereocenters. The lowest BCUT2D eigenvalue weighted by molar-refractivity contribution is -0.870. The van der Waals surface area contributed by atoms with Crippen LogP contribution in [0.4, 0.5) is 0 Å². The Kier molecular flexibility index (Phi) is 38.3. The van der Waals surface area contributed by atoms with Crippen molar-refractivity contribution in [3.8, 4) is 0 Å². The Balaban J connectivity index is 4.46. The van der Waals surface area contributed by atoms with Gasteiger partial charge in [-0.3, -0.25) is 13.8 Å². The molecule has 0 aromatic carbocycles. The van der Waals surface area contributed by atoms with E-state index < -0.39 is 20.0 Å². The zero-order chi connectivity index (χ0) is 41.4. The third-order valence-electron chi connectivity index (χ3n) is 10.3. The molecule has 3 atom stereocenters. The Hall–Kier alpha value is -1.28. The number of amides is 1. The number of phosphoric acid groups is 1. The monoisotopic (exact) mass is 812 g/mol. The molecule has 0 bridgehead atoms. The first-order valence-corrected chi connectivity index (χ1v) is 24.9. The number of aliphatic hydroxyl groups is 1. The number of unbranched alkanes of at least 4 members (excludes halogenated alkanes) is 25. The first-order valence-electron chi connectivity index (χ1n) is 23.4. The molecule has 0 radical (unpaired) electrons. The standard InChI is InChI=1S/C47H91N2O6P/c1-6-8-10-12-14-16-18-20-22-23-24-25-27-28-30-32-34-36-38-40-46(50)45(44-55-56(52,53)54-43-42-49(3,4)5)48-47(51)41-39-37-35-33-31-29-26-21-19-17-15-13-11-9-7-2/h24-25,30,32,38,40,45-46,50H,6-23,26-29,31,33-37,39,41-44H2,1-5H3,(H-,48,51,52,53)/p+1/b25-24+,32-30+,40-38+. The summed E-state index contributed by atoms with van der Waals surface area (Å²) in [5.74, 6) is -0.190. The molecule has 0 heterocycles. The lowest BCUT2D eigenvalue weighted by Gasteiger charge is -2.25. The predicted octanol–water partition coefficient (Wildman–Crippen LogP) is 13.1. The minimum Gasteiger partial charge on any atom is -0.387 e. The van der Waals surface area contributed by atoms with Gasteiger partial charge in [0.05, 0.1) is 39.9 Å². The summed E-state index contributed by atoms with van der Waals surface area (Å²) in [6.45, 7) is 4.79. The molecule has 0 saturated heterocycles. The highest BCUT2D eigenvalue weighted by Gasteiger charge is 2.27. The minimum atomic E-state index is -4.35. The van der Waals surface area contributed by atoms with E-state index in [4.69, 9.17) is 9.05 Å². The van der Waals surface area contributed by atoms with Gasteiger partial charge in [-0.1, -0.05) is 192 Å². The maximum Gasteiger partial charge on any atom is 0.472 e. The van der Waals surface area contributed by atoms with E-state index in [1.807, 2.05) is 27.2 Å². The summed E-state index contributed by atoms with van der Waals surface area (Å²) in [7, 11) is 1.55. The Labute approximate surface area is 347 Å². The van der Waals surface area contributed by atoms with Crippen molar-refractivity contribution < 1.29 is 32.9 Å². The van der Waals surface area contributed by atoms with Gasteiger partial charge in [0.15, 0.2) is 0 Å². The van der Waals surface area contributed by atoms with Gasteiger partial charge in [-0.25, -0.2) is 4.57 Å². The summed E-state index contributed by atoms with van der Waals surface area (Å²) < 4.78 is 23.6. The predicted molar refractivity (Wildman–Crippen MR) is 240 cm³/mol. The number of rotatable bonds is 42. The highest BCUT2D eigenvalue weighted by Crippen LogP contribution is 2.43. The number of nitrogens with zero attached hydrogens (tertiary/aromatic N) is 1. The van der Waals surface area contributed by atoms with Crippen molar-refractivity contribution in [3.05, 3.63) is 36.5 Å². The molecule has 1 amide bonds. The quantitative estimate of drug-likeness (QED) is 0.0245. The van der Waals surface area contributed by atoms with Crippen LogP contribution in [0.1, 0.15) is 206 Å². The third-order valence-corrected chi connectivity index (χ3v) is 11.3. The second-order valence-corrected chi connectivity index (χ2v) is 18.6. The van der Waals surface area contributed by atoms with E-state index in [0.29, 0.717) is 17.4 Å². The topological polar surface area (TPSA) is 105 Å². The number of carbonyl (C=O) groups is 1. The van der Waals surface area contributed by atoms with Crippen LogP contribution in [0.5, 0.6) is 0 Å². The lowest BCUT2D eigenvalue weighted by atomic mass is 10.0. The number of carbonyl (C=O) groups excluding carboxylic acids is 1. The fourth-order valence-corrected chi connectivity index (χ4v) is 7.34. The number of hydrogen-bond donors (Lipinski definition) is 3. The molecule has 56 heavy (non-hydrogen) atoms. The zero-order valence-corrected chi connectivity index (χ0v) is 38.3. The Morgan fingerprint density at radius 3 is 1.43 bits per heavy atom. The van der Waals surface area contributed by atoms with Crippen molar-refractivity contribution >= 4 is 13.7 Å². The molecule has 0 aliphatic heterocycles. The van der Waals surface area contributed by atoms with Gasteiger partial charge >= 0.3 is 7.82 Å². The number of likely N-dealkylation sites (N-methyl/N-ethyl adjacent to an activating group) is 1. The smallest absolute Gasteiger partial charge is 0.387 e. The average Bonchev–Trinajstić information content (AvgIpc) is 3.15. The van der Waals surface area contributed by atoms with Crippen molar-refractivity contribution in [2.24, 2.45) is 0 Å². The molecule has 0 rings (SSSR count). The van der Waals surface area contributed by atoms with Crippen molar-refractivity contribution in [1.29, 1.82) is 0 Å². The largest absolute Gasteiger partial charge is 0.472 e. The van der Waals surface area contributed by atoms with Crippen LogP contribution < -0.4 is 5.32 Å². The number of quaternary nitrogens is 1. The first-order chi connectivity index (χ1) is 27.0. The first kappa shape index (κ1) is 54.7. The van der Waals surface area contributed by atoms with Crippen molar-refractivity contribution in [2.45, 2.75) is 219 Å². The van der Waals surface area contributed by atoms with E-state index in [2.05, 4.69) is 43.5 Å². The number of aliphatic hydroxyl groups excluding tert-OH is 1. The van der Waals surface area contributed by atoms with Crippen molar-refractivity contribution in [3.63, 3.8) is 0 Å². The van der Waals surface area contributed by atoms with Gasteiger partial charge < -0.3 is 19.8 Å². The molecule has 0 aliphatic carbocycles. The van der Waals surface area contributed by atoms with E-state index in [9.17, 15) is 19.4 Å². The normalized spacial score (nSPS) is 14.6. The van der Waals surface area contributed by atoms with Crippen LogP contribution in [-0.4, -0.2) is 73.4 Å². The maximum atomic E-state index is 12.9. The highest BCUT2D eigenvalue weighted by molar-refractivity contribution is 7.47. The van der Waals surface area contributed by atoms with Crippen LogP contribution in [0.15, 0.2) is 36.5 Å². The minimum absolute atomic E-state index is 0.0547. The lowest BCUT2D eigenvalue weighted by Crippen LogP contribution is -2.45. The van der Waals surface area contributed by atoms with Crippen LogP contribution in [0, 0.1) is 0 Å². The second kappa shape index (κ2) is 39.2.